The molecule has 0 radical (unpaired) electrons. The molecule has 1 aromatic rings. The van der Waals surface area contributed by atoms with Gasteiger partial charge in [-0.1, -0.05) is 0 Å². The number of anilines is 1. The van der Waals surface area contributed by atoms with E-state index < -0.39 is 86.7 Å². The van der Waals surface area contributed by atoms with E-state index in [1.807, 2.05) is 4.90 Å². The smallest absolute Gasteiger partial charge is 0.255 e. The third-order valence-electron chi connectivity index (χ3n) is 8.51. The summed E-state index contributed by atoms with van der Waals surface area (Å²) < 4.78 is 15.4. The topological polar surface area (TPSA) is 194 Å². The van der Waals surface area contributed by atoms with Crippen molar-refractivity contribution in [2.45, 2.75) is 37.3 Å². The SMILES string of the molecule is CN(C)[C@@H]1C(=O)C(C(N)=O)=C(O)[C@]2(O)C(=O)C3=C(O)c4c(O)c(NC(=O)CN5CCCC5)cc(F)c4C[C@H]3C[C@H]12. The second-order valence-electron chi connectivity index (χ2n) is 11.1. The Morgan fingerprint density at radius 3 is 2.45 bits per heavy atom. The van der Waals surface area contributed by atoms with Crippen LogP contribution in [0.1, 0.15) is 30.4 Å². The highest BCUT2D eigenvalue weighted by molar-refractivity contribution is 6.24. The van der Waals surface area contributed by atoms with E-state index in [-0.39, 0.29) is 30.6 Å². The molecule has 2 amide bonds. The Hall–Kier alpha value is -3.81. The first-order chi connectivity index (χ1) is 18.8. The number of fused-ring (bicyclic) bond motifs is 3. The largest absolute Gasteiger partial charge is 0.508 e. The molecule has 1 aliphatic heterocycles. The molecule has 0 aromatic heterocycles. The molecule has 0 unspecified atom stereocenters. The lowest BCUT2D eigenvalue weighted by molar-refractivity contribution is -0.153. The van der Waals surface area contributed by atoms with Crippen LogP contribution in [0.25, 0.3) is 5.76 Å². The van der Waals surface area contributed by atoms with Crippen molar-refractivity contribution in [1.29, 1.82) is 0 Å². The van der Waals surface area contributed by atoms with Crippen molar-refractivity contribution in [1.82, 2.24) is 9.80 Å². The minimum Gasteiger partial charge on any atom is -0.508 e. The van der Waals surface area contributed by atoms with E-state index in [1.165, 1.54) is 19.0 Å². The molecule has 1 saturated carbocycles. The van der Waals surface area contributed by atoms with Crippen LogP contribution in [0, 0.1) is 17.7 Å². The zero-order valence-electron chi connectivity index (χ0n) is 22.0. The number of likely N-dealkylation sites (N-methyl/N-ethyl adjacent to an activating group) is 1. The number of likely N-dealkylation sites (tertiary alicyclic amines) is 1. The number of nitrogens with one attached hydrogen (secondary N) is 1. The number of carbonyl (C=O) groups excluding carboxylic acids is 4. The van der Waals surface area contributed by atoms with Crippen LogP contribution in [0.3, 0.4) is 0 Å². The van der Waals surface area contributed by atoms with Gasteiger partial charge in [0.15, 0.2) is 17.1 Å². The maximum absolute atomic E-state index is 15.4. The Balaban J connectivity index is 1.60. The van der Waals surface area contributed by atoms with Crippen LogP contribution < -0.4 is 11.1 Å². The van der Waals surface area contributed by atoms with Gasteiger partial charge < -0.3 is 31.5 Å². The van der Waals surface area contributed by atoms with Crippen LogP contribution in [0.4, 0.5) is 10.1 Å². The monoisotopic (exact) mass is 558 g/mol. The maximum Gasteiger partial charge on any atom is 0.255 e. The van der Waals surface area contributed by atoms with E-state index in [2.05, 4.69) is 5.32 Å². The van der Waals surface area contributed by atoms with Gasteiger partial charge in [-0.15, -0.1) is 0 Å². The van der Waals surface area contributed by atoms with E-state index in [0.29, 0.717) is 0 Å². The molecule has 12 nitrogen and oxygen atoms in total. The van der Waals surface area contributed by atoms with Gasteiger partial charge in [-0.25, -0.2) is 4.39 Å². The maximum atomic E-state index is 15.4. The Labute approximate surface area is 228 Å². The van der Waals surface area contributed by atoms with Crippen molar-refractivity contribution in [2.24, 2.45) is 17.6 Å². The zero-order chi connectivity index (χ0) is 29.3. The number of nitrogens with two attached hydrogens (primary N) is 1. The van der Waals surface area contributed by atoms with E-state index in [4.69, 9.17) is 5.73 Å². The molecule has 0 bridgehead atoms. The summed E-state index contributed by atoms with van der Waals surface area (Å²) in [4.78, 5) is 54.8. The van der Waals surface area contributed by atoms with Gasteiger partial charge in [-0.3, -0.25) is 29.0 Å². The number of amides is 2. The number of hydrogen-bond acceptors (Lipinski definition) is 10. The van der Waals surface area contributed by atoms with Crippen LogP contribution in [-0.4, -0.2) is 99.0 Å². The van der Waals surface area contributed by atoms with E-state index in [1.54, 1.807) is 0 Å². The van der Waals surface area contributed by atoms with E-state index in [9.17, 15) is 39.6 Å². The third-order valence-corrected chi connectivity index (χ3v) is 8.51. The van der Waals surface area contributed by atoms with Crippen molar-refractivity contribution >= 4 is 34.8 Å². The molecule has 13 heteroatoms. The summed E-state index contributed by atoms with van der Waals surface area (Å²) >= 11 is 0. The first kappa shape index (κ1) is 27.7. The number of Topliss-reactive ketones (excluding diaryl/α,β-unsaturated/α-hetero) is 2. The number of phenolic OH excluding ortho intramolecular Hbond substituents is 1. The van der Waals surface area contributed by atoms with Gasteiger partial charge in [0.1, 0.15) is 22.9 Å². The lowest BCUT2D eigenvalue weighted by Gasteiger charge is -2.50. The molecule has 1 aromatic carbocycles. The molecule has 1 saturated heterocycles. The van der Waals surface area contributed by atoms with Crippen LogP contribution in [-0.2, 0) is 25.6 Å². The molecule has 7 N–H and O–H groups in total. The van der Waals surface area contributed by atoms with Gasteiger partial charge in [0.05, 0.1) is 23.8 Å². The number of primary amides is 1. The van der Waals surface area contributed by atoms with E-state index in [0.717, 1.165) is 32.0 Å². The van der Waals surface area contributed by atoms with Crippen LogP contribution in [0.15, 0.2) is 23.0 Å². The molecule has 40 heavy (non-hydrogen) atoms. The highest BCUT2D eigenvalue weighted by atomic mass is 19.1. The van der Waals surface area contributed by atoms with Gasteiger partial charge in [0, 0.05) is 23.1 Å². The average molecular weight is 559 g/mol. The fourth-order valence-corrected chi connectivity index (χ4v) is 6.69. The molecule has 4 aliphatic rings. The van der Waals surface area contributed by atoms with Gasteiger partial charge in [0.25, 0.3) is 5.91 Å². The predicted molar refractivity (Wildman–Crippen MR) is 139 cm³/mol. The number of phenols is 1. The number of rotatable bonds is 5. The van der Waals surface area contributed by atoms with Gasteiger partial charge >= 0.3 is 0 Å². The first-order valence-corrected chi connectivity index (χ1v) is 13.0. The first-order valence-electron chi connectivity index (χ1n) is 13.0. The Bertz CT molecular complexity index is 1410. The molecule has 2 fully saturated rings. The summed E-state index contributed by atoms with van der Waals surface area (Å²) in [5, 5.41) is 47.2. The highest BCUT2D eigenvalue weighted by Gasteiger charge is 2.64. The Morgan fingerprint density at radius 2 is 1.85 bits per heavy atom. The lowest BCUT2D eigenvalue weighted by Crippen LogP contribution is -2.65. The van der Waals surface area contributed by atoms with Crippen LogP contribution in [0.2, 0.25) is 0 Å². The summed E-state index contributed by atoms with van der Waals surface area (Å²) in [5.74, 6) is -9.61. The average Bonchev–Trinajstić information content (AvgIpc) is 3.37. The Kier molecular flexibility index (Phi) is 6.71. The van der Waals surface area contributed by atoms with Gasteiger partial charge in [-0.05, 0) is 58.8 Å². The number of carbonyl (C=O) groups is 4. The summed E-state index contributed by atoms with van der Waals surface area (Å²) in [5.41, 5.74) is 0.362. The highest BCUT2D eigenvalue weighted by Crippen LogP contribution is 2.53. The zero-order valence-corrected chi connectivity index (χ0v) is 22.0. The van der Waals surface area contributed by atoms with E-state index >= 15 is 4.39 Å². The molecule has 3 aliphatic carbocycles. The lowest BCUT2D eigenvalue weighted by atomic mass is 9.57. The number of halogens is 1. The van der Waals surface area contributed by atoms with Gasteiger partial charge in [0.2, 0.25) is 11.7 Å². The molecule has 5 rings (SSSR count). The summed E-state index contributed by atoms with van der Waals surface area (Å²) in [6.45, 7) is 1.49. The summed E-state index contributed by atoms with van der Waals surface area (Å²) in [6.07, 6.45) is 1.56. The minimum atomic E-state index is -2.79. The molecule has 1 heterocycles. The third kappa shape index (κ3) is 3.99. The molecular formula is C27H31FN4O8. The van der Waals surface area contributed by atoms with Crippen molar-refractivity contribution in [2.75, 3.05) is 39.0 Å². The number of aliphatic hydroxyl groups excluding tert-OH is 2. The van der Waals surface area contributed by atoms with Crippen LogP contribution in [0.5, 0.6) is 5.75 Å². The summed E-state index contributed by atoms with van der Waals surface area (Å²) in [7, 11) is 2.98. The second kappa shape index (κ2) is 9.68. The Morgan fingerprint density at radius 1 is 1.20 bits per heavy atom. The molecule has 214 valence electrons. The fourth-order valence-electron chi connectivity index (χ4n) is 6.69. The standard InChI is InChI=1S/C27H31FN4O8/c1-31(2)20-13-8-11-7-12-14(28)9-15(30-16(33)10-32-5-3-4-6-32)21(34)18(12)22(35)17(11)24(37)27(13,40)25(38)19(23(20)36)26(29)39/h9,11,13,20,34-35,38,40H,3-8,10H2,1-2H3,(H2,29,39)(H,30,33)/t11-,13+,20-,27+/m0/s1. The molecular weight excluding hydrogens is 527 g/mol. The minimum absolute atomic E-state index is 0.0275. The van der Waals surface area contributed by atoms with Crippen molar-refractivity contribution in [3.05, 3.63) is 39.9 Å². The molecule has 4 atom stereocenters. The number of benzene rings is 1. The quantitative estimate of drug-likeness (QED) is 0.214. The van der Waals surface area contributed by atoms with Crippen molar-refractivity contribution < 1.29 is 44.0 Å². The number of aromatic hydroxyl groups is 1. The predicted octanol–water partition coefficient (Wildman–Crippen LogP) is 0.137. The van der Waals surface area contributed by atoms with Crippen molar-refractivity contribution in [3.63, 3.8) is 0 Å². The van der Waals surface area contributed by atoms with Gasteiger partial charge in [-0.2, -0.15) is 0 Å². The fraction of sp³-hybridized carbons (Fsp3) is 0.481. The molecule has 0 spiro atoms. The second-order valence-corrected chi connectivity index (χ2v) is 11.1. The number of nitrogens with zero attached hydrogens (tertiary/aromatic N) is 2. The summed E-state index contributed by atoms with van der Waals surface area (Å²) in [6, 6.07) is -0.292. The van der Waals surface area contributed by atoms with Crippen LogP contribution >= 0.6 is 0 Å². The van der Waals surface area contributed by atoms with Crippen molar-refractivity contribution in [3.8, 4) is 5.75 Å². The number of aliphatic hydroxyl groups is 3. The normalized spacial score (nSPS) is 28.5. The number of hydrogen-bond donors (Lipinski definition) is 6. The number of ketones is 2.